The molecule has 0 aromatic heterocycles. The Kier molecular flexibility index (Phi) is 4.53. The van der Waals surface area contributed by atoms with Gasteiger partial charge in [0.2, 0.25) is 0 Å². The molecule has 1 saturated heterocycles. The van der Waals surface area contributed by atoms with Gasteiger partial charge in [-0.15, -0.1) is 0 Å². The van der Waals surface area contributed by atoms with Crippen LogP contribution >= 0.6 is 0 Å². The molecule has 0 aromatic carbocycles. The topological polar surface area (TPSA) is 72.6 Å². The summed E-state index contributed by atoms with van der Waals surface area (Å²) in [6.45, 7) is 6.02. The molecule has 2 N–H and O–H groups in total. The molecule has 5 nitrogen and oxygen atoms in total. The van der Waals surface area contributed by atoms with Crippen LogP contribution in [0.1, 0.15) is 33.6 Å². The number of carbonyl (C=O) groups is 2. The quantitative estimate of drug-likeness (QED) is 0.816. The van der Waals surface area contributed by atoms with Crippen LogP contribution in [0.2, 0.25) is 0 Å². The summed E-state index contributed by atoms with van der Waals surface area (Å²) in [5.41, 5.74) is 4.36. The van der Waals surface area contributed by atoms with Gasteiger partial charge in [0.1, 0.15) is 5.60 Å². The van der Waals surface area contributed by atoms with Crippen molar-refractivity contribution in [3.8, 4) is 0 Å². The Morgan fingerprint density at radius 3 is 2.56 bits per heavy atom. The number of nitrogens with two attached hydrogens (primary N) is 1. The summed E-state index contributed by atoms with van der Waals surface area (Å²) < 4.78 is 18.7. The summed E-state index contributed by atoms with van der Waals surface area (Å²) in [6, 6.07) is 0. The maximum Gasteiger partial charge on any atom is 0.410 e. The standard InChI is InChI=1S/C12H21FN2O3/c1-12(2,3)18-11(17)15-6-4-5-8(7-15)9(13)10(14)16/h8-9H,4-7H2,1-3H3,(H2,14,16). The molecule has 0 aromatic rings. The summed E-state index contributed by atoms with van der Waals surface area (Å²) in [5, 5.41) is 0. The minimum Gasteiger partial charge on any atom is -0.444 e. The van der Waals surface area contributed by atoms with Crippen molar-refractivity contribution in [1.29, 1.82) is 0 Å². The average molecular weight is 260 g/mol. The Morgan fingerprint density at radius 2 is 2.06 bits per heavy atom. The number of rotatable bonds is 2. The summed E-state index contributed by atoms with van der Waals surface area (Å²) in [6.07, 6.45) is -0.958. The van der Waals surface area contributed by atoms with Gasteiger partial charge < -0.3 is 15.4 Å². The first-order valence-electron chi connectivity index (χ1n) is 6.12. The van der Waals surface area contributed by atoms with Crippen molar-refractivity contribution in [2.24, 2.45) is 11.7 Å². The third-order valence-corrected chi connectivity index (χ3v) is 2.80. The lowest BCUT2D eigenvalue weighted by atomic mass is 9.93. The number of nitrogens with zero attached hydrogens (tertiary/aromatic N) is 1. The van der Waals surface area contributed by atoms with E-state index in [-0.39, 0.29) is 6.54 Å². The minimum absolute atomic E-state index is 0.180. The number of hydrogen-bond acceptors (Lipinski definition) is 3. The first kappa shape index (κ1) is 14.7. The van der Waals surface area contributed by atoms with Gasteiger partial charge in [0.25, 0.3) is 5.91 Å². The van der Waals surface area contributed by atoms with Gasteiger partial charge in [-0.3, -0.25) is 4.79 Å². The Hall–Kier alpha value is -1.33. The zero-order chi connectivity index (χ0) is 13.9. The zero-order valence-electron chi connectivity index (χ0n) is 11.1. The molecule has 2 atom stereocenters. The molecule has 0 radical (unpaired) electrons. The molecule has 0 spiro atoms. The van der Waals surface area contributed by atoms with E-state index in [0.29, 0.717) is 19.4 Å². The molecule has 1 aliphatic rings. The molecule has 104 valence electrons. The summed E-state index contributed by atoms with van der Waals surface area (Å²) >= 11 is 0. The van der Waals surface area contributed by atoms with Gasteiger partial charge >= 0.3 is 6.09 Å². The van der Waals surface area contributed by atoms with E-state index < -0.39 is 29.7 Å². The van der Waals surface area contributed by atoms with Gasteiger partial charge in [-0.1, -0.05) is 0 Å². The SMILES string of the molecule is CC(C)(C)OC(=O)N1CCCC(C(F)C(N)=O)C1. The second-order valence-corrected chi connectivity index (χ2v) is 5.63. The molecule has 1 heterocycles. The number of halogens is 1. The summed E-state index contributed by atoms with van der Waals surface area (Å²) in [4.78, 5) is 24.1. The lowest BCUT2D eigenvalue weighted by molar-refractivity contribution is -0.125. The van der Waals surface area contributed by atoms with E-state index in [2.05, 4.69) is 0 Å². The van der Waals surface area contributed by atoms with Crippen LogP contribution in [0.4, 0.5) is 9.18 Å². The fourth-order valence-corrected chi connectivity index (χ4v) is 1.97. The second-order valence-electron chi connectivity index (χ2n) is 5.63. The van der Waals surface area contributed by atoms with Crippen molar-refractivity contribution in [2.45, 2.75) is 45.4 Å². The maximum absolute atomic E-state index is 13.5. The second kappa shape index (κ2) is 5.54. The van der Waals surface area contributed by atoms with Crippen molar-refractivity contribution >= 4 is 12.0 Å². The third kappa shape index (κ3) is 4.16. The Labute approximate surface area is 106 Å². The highest BCUT2D eigenvalue weighted by atomic mass is 19.1. The van der Waals surface area contributed by atoms with Crippen molar-refractivity contribution in [3.63, 3.8) is 0 Å². The molecule has 1 rings (SSSR count). The fourth-order valence-electron chi connectivity index (χ4n) is 1.97. The minimum atomic E-state index is -1.70. The van der Waals surface area contributed by atoms with E-state index in [1.165, 1.54) is 4.90 Å². The molecule has 1 fully saturated rings. The normalized spacial score (nSPS) is 22.4. The van der Waals surface area contributed by atoms with E-state index in [4.69, 9.17) is 10.5 Å². The Morgan fingerprint density at radius 1 is 1.44 bits per heavy atom. The van der Waals surface area contributed by atoms with Crippen LogP contribution in [0.3, 0.4) is 0 Å². The molecule has 0 bridgehead atoms. The Balaban J connectivity index is 2.58. The predicted molar refractivity (Wildman–Crippen MR) is 64.6 cm³/mol. The van der Waals surface area contributed by atoms with Crippen molar-refractivity contribution < 1.29 is 18.7 Å². The van der Waals surface area contributed by atoms with E-state index in [1.54, 1.807) is 20.8 Å². The molecule has 2 amide bonds. The van der Waals surface area contributed by atoms with Crippen molar-refractivity contribution in [2.75, 3.05) is 13.1 Å². The average Bonchev–Trinajstić information content (AvgIpc) is 2.25. The van der Waals surface area contributed by atoms with Gasteiger partial charge in [0.05, 0.1) is 0 Å². The molecule has 2 unspecified atom stereocenters. The number of primary amides is 1. The third-order valence-electron chi connectivity index (χ3n) is 2.80. The maximum atomic E-state index is 13.5. The number of ether oxygens (including phenoxy) is 1. The Bertz CT molecular complexity index is 328. The predicted octanol–water partition coefficient (Wildman–Crippen LogP) is 1.46. The van der Waals surface area contributed by atoms with E-state index >= 15 is 0 Å². The van der Waals surface area contributed by atoms with Crippen LogP contribution in [0.25, 0.3) is 0 Å². The van der Waals surface area contributed by atoms with Gasteiger partial charge in [0.15, 0.2) is 6.17 Å². The zero-order valence-corrected chi connectivity index (χ0v) is 11.1. The number of carbonyl (C=O) groups excluding carboxylic acids is 2. The lowest BCUT2D eigenvalue weighted by Gasteiger charge is -2.34. The summed E-state index contributed by atoms with van der Waals surface area (Å²) in [5.74, 6) is -1.49. The molecular weight excluding hydrogens is 239 g/mol. The number of alkyl halides is 1. The van der Waals surface area contributed by atoms with Crippen LogP contribution in [0, 0.1) is 5.92 Å². The number of piperidine rings is 1. The number of hydrogen-bond donors (Lipinski definition) is 1. The van der Waals surface area contributed by atoms with Crippen LogP contribution in [0.15, 0.2) is 0 Å². The highest BCUT2D eigenvalue weighted by Crippen LogP contribution is 2.23. The van der Waals surface area contributed by atoms with E-state index in [1.807, 2.05) is 0 Å². The summed E-state index contributed by atoms with van der Waals surface area (Å²) in [7, 11) is 0. The van der Waals surface area contributed by atoms with Gasteiger partial charge in [-0.2, -0.15) is 0 Å². The molecule has 18 heavy (non-hydrogen) atoms. The fraction of sp³-hybridized carbons (Fsp3) is 0.833. The first-order valence-corrected chi connectivity index (χ1v) is 6.12. The number of amides is 2. The van der Waals surface area contributed by atoms with Crippen LogP contribution < -0.4 is 5.73 Å². The smallest absolute Gasteiger partial charge is 0.410 e. The molecule has 0 saturated carbocycles. The van der Waals surface area contributed by atoms with E-state index in [9.17, 15) is 14.0 Å². The van der Waals surface area contributed by atoms with Crippen LogP contribution in [-0.2, 0) is 9.53 Å². The number of likely N-dealkylation sites (tertiary alicyclic amines) is 1. The molecule has 0 aliphatic carbocycles. The van der Waals surface area contributed by atoms with Crippen LogP contribution in [0.5, 0.6) is 0 Å². The first-order chi connectivity index (χ1) is 8.20. The monoisotopic (exact) mass is 260 g/mol. The van der Waals surface area contributed by atoms with Gasteiger partial charge in [0, 0.05) is 19.0 Å². The van der Waals surface area contributed by atoms with Gasteiger partial charge in [-0.25, -0.2) is 9.18 Å². The highest BCUT2D eigenvalue weighted by molar-refractivity contribution is 5.79. The van der Waals surface area contributed by atoms with Crippen molar-refractivity contribution in [1.82, 2.24) is 4.90 Å². The van der Waals surface area contributed by atoms with E-state index in [0.717, 1.165) is 0 Å². The van der Waals surface area contributed by atoms with Crippen LogP contribution in [-0.4, -0.2) is 41.8 Å². The molecule has 1 aliphatic heterocycles. The largest absolute Gasteiger partial charge is 0.444 e. The molecular formula is C12H21FN2O3. The highest BCUT2D eigenvalue weighted by Gasteiger charge is 2.34. The lowest BCUT2D eigenvalue weighted by Crippen LogP contribution is -2.47. The van der Waals surface area contributed by atoms with Gasteiger partial charge in [-0.05, 0) is 33.6 Å². The molecule has 6 heteroatoms. The van der Waals surface area contributed by atoms with Crippen molar-refractivity contribution in [3.05, 3.63) is 0 Å².